The highest BCUT2D eigenvalue weighted by molar-refractivity contribution is 5.94. The number of carbonyl (C=O) groups excluding carboxylic acids is 1. The molecule has 0 aromatic heterocycles. The molecule has 1 aliphatic rings. The van der Waals surface area contributed by atoms with E-state index in [4.69, 9.17) is 5.73 Å². The van der Waals surface area contributed by atoms with Gasteiger partial charge in [0.15, 0.2) is 0 Å². The van der Waals surface area contributed by atoms with Crippen molar-refractivity contribution in [3.63, 3.8) is 0 Å². The number of nitrogens with one attached hydrogen (secondary N) is 1. The largest absolute Gasteiger partial charge is 0.508 e. The summed E-state index contributed by atoms with van der Waals surface area (Å²) in [6.45, 7) is 1.24. The van der Waals surface area contributed by atoms with Crippen LogP contribution in [0.4, 0.5) is 0 Å². The third-order valence-electron chi connectivity index (χ3n) is 4.08. The monoisotopic (exact) mass is 262 g/mol. The van der Waals surface area contributed by atoms with Crippen molar-refractivity contribution in [3.05, 3.63) is 29.8 Å². The number of nitrogens with two attached hydrogens (primary N) is 1. The molecule has 0 radical (unpaired) electrons. The molecule has 1 aliphatic carbocycles. The van der Waals surface area contributed by atoms with E-state index in [9.17, 15) is 9.90 Å². The molecule has 2 rings (SSSR count). The van der Waals surface area contributed by atoms with Crippen molar-refractivity contribution in [2.45, 2.75) is 32.1 Å². The van der Waals surface area contributed by atoms with Crippen LogP contribution in [0.5, 0.6) is 5.75 Å². The van der Waals surface area contributed by atoms with Crippen LogP contribution in [0.25, 0.3) is 0 Å². The molecule has 0 unspecified atom stereocenters. The zero-order valence-corrected chi connectivity index (χ0v) is 11.2. The second kappa shape index (κ2) is 6.06. The first kappa shape index (κ1) is 13.9. The number of carbonyl (C=O) groups is 1. The summed E-state index contributed by atoms with van der Waals surface area (Å²) in [5.41, 5.74) is 6.45. The normalized spacial score (nSPS) is 17.9. The molecule has 1 amide bonds. The van der Waals surface area contributed by atoms with Gasteiger partial charge in [0.2, 0.25) is 0 Å². The number of hydrogen-bond donors (Lipinski definition) is 3. The average Bonchev–Trinajstić information content (AvgIpc) is 2.46. The lowest BCUT2D eigenvalue weighted by molar-refractivity contribution is 0.0913. The molecule has 104 valence electrons. The fourth-order valence-corrected chi connectivity index (χ4v) is 2.77. The number of benzene rings is 1. The van der Waals surface area contributed by atoms with E-state index in [1.165, 1.54) is 25.3 Å². The van der Waals surface area contributed by atoms with Gasteiger partial charge in [-0.25, -0.2) is 0 Å². The summed E-state index contributed by atoms with van der Waals surface area (Å²) in [4.78, 5) is 12.0. The van der Waals surface area contributed by atoms with Crippen molar-refractivity contribution in [3.8, 4) is 5.75 Å². The maximum Gasteiger partial charge on any atom is 0.251 e. The fourth-order valence-electron chi connectivity index (χ4n) is 2.77. The zero-order chi connectivity index (χ0) is 13.7. The van der Waals surface area contributed by atoms with Crippen molar-refractivity contribution in [2.75, 3.05) is 13.1 Å². The lowest BCUT2D eigenvalue weighted by Gasteiger charge is -2.36. The number of phenolic OH excluding ortho intramolecular Hbond substituents is 1. The van der Waals surface area contributed by atoms with E-state index in [1.807, 2.05) is 0 Å². The highest BCUT2D eigenvalue weighted by Crippen LogP contribution is 2.34. The Bertz CT molecular complexity index is 440. The first-order chi connectivity index (χ1) is 9.15. The second-order valence-electron chi connectivity index (χ2n) is 5.50. The van der Waals surface area contributed by atoms with E-state index in [2.05, 4.69) is 5.32 Å². The van der Waals surface area contributed by atoms with Crippen LogP contribution >= 0.6 is 0 Å². The third-order valence-corrected chi connectivity index (χ3v) is 4.08. The minimum absolute atomic E-state index is 0.0603. The molecule has 4 N–H and O–H groups in total. The van der Waals surface area contributed by atoms with Crippen LogP contribution in [-0.4, -0.2) is 24.1 Å². The maximum atomic E-state index is 12.0. The maximum absolute atomic E-state index is 12.0. The van der Waals surface area contributed by atoms with Gasteiger partial charge in [-0.05, 0) is 43.0 Å². The number of phenols is 1. The summed E-state index contributed by atoms with van der Waals surface area (Å²) in [5, 5.41) is 12.3. The van der Waals surface area contributed by atoms with Crippen LogP contribution in [0.1, 0.15) is 42.5 Å². The quantitative estimate of drug-likeness (QED) is 0.777. The Labute approximate surface area is 114 Å². The highest BCUT2D eigenvalue weighted by Gasteiger charge is 2.30. The first-order valence-electron chi connectivity index (χ1n) is 6.93. The van der Waals surface area contributed by atoms with Crippen molar-refractivity contribution in [1.29, 1.82) is 0 Å². The van der Waals surface area contributed by atoms with Crippen LogP contribution in [0.3, 0.4) is 0 Å². The van der Waals surface area contributed by atoms with Crippen molar-refractivity contribution >= 4 is 5.91 Å². The minimum atomic E-state index is -0.144. The molecule has 4 nitrogen and oxygen atoms in total. The van der Waals surface area contributed by atoms with Gasteiger partial charge < -0.3 is 16.2 Å². The molecule has 1 aromatic rings. The van der Waals surface area contributed by atoms with Crippen LogP contribution < -0.4 is 11.1 Å². The number of hydrogen-bond acceptors (Lipinski definition) is 3. The van der Waals surface area contributed by atoms with Gasteiger partial charge in [-0.3, -0.25) is 4.79 Å². The lowest BCUT2D eigenvalue weighted by atomic mass is 9.74. The van der Waals surface area contributed by atoms with Crippen LogP contribution in [0, 0.1) is 5.41 Å². The number of amides is 1. The molecular weight excluding hydrogens is 240 g/mol. The Morgan fingerprint density at radius 2 is 2.05 bits per heavy atom. The van der Waals surface area contributed by atoms with E-state index in [1.54, 1.807) is 18.2 Å². The Hall–Kier alpha value is -1.55. The van der Waals surface area contributed by atoms with Gasteiger partial charge in [-0.1, -0.05) is 25.3 Å². The van der Waals surface area contributed by atoms with E-state index >= 15 is 0 Å². The van der Waals surface area contributed by atoms with Gasteiger partial charge in [0.1, 0.15) is 5.75 Å². The van der Waals surface area contributed by atoms with Crippen LogP contribution in [0.2, 0.25) is 0 Å². The molecular formula is C15H22N2O2. The molecule has 0 heterocycles. The Morgan fingerprint density at radius 1 is 1.32 bits per heavy atom. The number of rotatable bonds is 4. The first-order valence-corrected chi connectivity index (χ1v) is 6.93. The van der Waals surface area contributed by atoms with Gasteiger partial charge in [-0.2, -0.15) is 0 Å². The van der Waals surface area contributed by atoms with Gasteiger partial charge in [0.05, 0.1) is 0 Å². The molecule has 0 aliphatic heterocycles. The molecule has 0 spiro atoms. The molecule has 4 heteroatoms. The Balaban J connectivity index is 1.95. The third kappa shape index (κ3) is 3.47. The highest BCUT2D eigenvalue weighted by atomic mass is 16.3. The minimum Gasteiger partial charge on any atom is -0.508 e. The van der Waals surface area contributed by atoms with Crippen molar-refractivity contribution in [2.24, 2.45) is 11.1 Å². The predicted molar refractivity (Wildman–Crippen MR) is 75.0 cm³/mol. The summed E-state index contributed by atoms with van der Waals surface area (Å²) in [6.07, 6.45) is 5.83. The Morgan fingerprint density at radius 3 is 2.68 bits per heavy atom. The zero-order valence-electron chi connectivity index (χ0n) is 11.2. The molecule has 1 aromatic carbocycles. The Kier molecular flexibility index (Phi) is 4.43. The predicted octanol–water partition coefficient (Wildman–Crippen LogP) is 2.03. The van der Waals surface area contributed by atoms with Crippen LogP contribution in [-0.2, 0) is 0 Å². The topological polar surface area (TPSA) is 75.3 Å². The molecule has 0 atom stereocenters. The van der Waals surface area contributed by atoms with Crippen LogP contribution in [0.15, 0.2) is 24.3 Å². The second-order valence-corrected chi connectivity index (χ2v) is 5.50. The van der Waals surface area contributed by atoms with Gasteiger partial charge >= 0.3 is 0 Å². The standard InChI is InChI=1S/C15H22N2O2/c16-10-15(7-2-1-3-8-15)11-17-14(19)12-5-4-6-13(18)9-12/h4-6,9,18H,1-3,7-8,10-11,16H2,(H,17,19). The van der Waals surface area contributed by atoms with Gasteiger partial charge in [-0.15, -0.1) is 0 Å². The molecule has 0 bridgehead atoms. The van der Waals surface area contributed by atoms with E-state index in [-0.39, 0.29) is 17.1 Å². The SMILES string of the molecule is NCC1(CNC(=O)c2cccc(O)c2)CCCCC1. The average molecular weight is 262 g/mol. The van der Waals surface area contributed by atoms with Gasteiger partial charge in [0.25, 0.3) is 5.91 Å². The van der Waals surface area contributed by atoms with Gasteiger partial charge in [0, 0.05) is 12.1 Å². The smallest absolute Gasteiger partial charge is 0.251 e. The summed E-state index contributed by atoms with van der Waals surface area (Å²) in [6, 6.07) is 6.40. The summed E-state index contributed by atoms with van der Waals surface area (Å²) < 4.78 is 0. The van der Waals surface area contributed by atoms with E-state index in [0.29, 0.717) is 18.7 Å². The fraction of sp³-hybridized carbons (Fsp3) is 0.533. The summed E-state index contributed by atoms with van der Waals surface area (Å²) in [5.74, 6) is -0.0341. The van der Waals surface area contributed by atoms with Crippen molar-refractivity contribution < 1.29 is 9.90 Å². The lowest BCUT2D eigenvalue weighted by Crippen LogP contribution is -2.43. The van der Waals surface area contributed by atoms with E-state index < -0.39 is 0 Å². The number of aromatic hydroxyl groups is 1. The van der Waals surface area contributed by atoms with Crippen molar-refractivity contribution in [1.82, 2.24) is 5.32 Å². The van der Waals surface area contributed by atoms with E-state index in [0.717, 1.165) is 12.8 Å². The molecule has 19 heavy (non-hydrogen) atoms. The molecule has 1 fully saturated rings. The molecule has 1 saturated carbocycles. The summed E-state index contributed by atoms with van der Waals surface area (Å²) in [7, 11) is 0. The summed E-state index contributed by atoms with van der Waals surface area (Å²) >= 11 is 0. The molecule has 0 saturated heterocycles.